The van der Waals surface area contributed by atoms with E-state index < -0.39 is 10.0 Å². The maximum atomic E-state index is 12.3. The minimum Gasteiger partial charge on any atom is -0.334 e. The largest absolute Gasteiger partial charge is 0.334 e. The van der Waals surface area contributed by atoms with Crippen LogP contribution in [0.1, 0.15) is 16.7 Å². The van der Waals surface area contributed by atoms with Crippen molar-refractivity contribution in [2.75, 3.05) is 12.4 Å². The number of amides is 2. The van der Waals surface area contributed by atoms with Crippen molar-refractivity contribution in [3.63, 3.8) is 0 Å². The molecule has 152 valence electrons. The summed E-state index contributed by atoms with van der Waals surface area (Å²) in [4.78, 5) is 12.3. The summed E-state index contributed by atoms with van der Waals surface area (Å²) < 4.78 is 27.2. The second-order valence-electron chi connectivity index (χ2n) is 6.45. The molecule has 1 aromatic heterocycles. The molecule has 0 aliphatic rings. The highest BCUT2D eigenvalue weighted by molar-refractivity contribution is 7.88. The molecule has 3 aromatic rings. The monoisotopic (exact) mass is 413 g/mol. The van der Waals surface area contributed by atoms with E-state index in [9.17, 15) is 13.2 Å². The first-order chi connectivity index (χ1) is 13.9. The summed E-state index contributed by atoms with van der Waals surface area (Å²) >= 11 is 0. The topological polar surface area (TPSA) is 105 Å². The number of sulfonamides is 1. The lowest BCUT2D eigenvalue weighted by Crippen LogP contribution is -2.28. The minimum absolute atomic E-state index is 0.0786. The molecule has 0 atom stereocenters. The predicted molar refractivity (Wildman–Crippen MR) is 112 cm³/mol. The zero-order valence-corrected chi connectivity index (χ0v) is 16.8. The van der Waals surface area contributed by atoms with E-state index in [1.165, 1.54) is 7.05 Å². The van der Waals surface area contributed by atoms with Crippen LogP contribution < -0.4 is 15.4 Å². The average molecular weight is 414 g/mol. The molecule has 2 amide bonds. The Bertz CT molecular complexity index is 1050. The lowest BCUT2D eigenvalue weighted by molar-refractivity contribution is 0.251. The van der Waals surface area contributed by atoms with Gasteiger partial charge in [0, 0.05) is 24.6 Å². The third-order valence-electron chi connectivity index (χ3n) is 4.30. The quantitative estimate of drug-likeness (QED) is 0.527. The zero-order chi connectivity index (χ0) is 20.7. The fraction of sp³-hybridized carbons (Fsp3) is 0.200. The van der Waals surface area contributed by atoms with E-state index >= 15 is 0 Å². The Morgan fingerprint density at radius 2 is 1.76 bits per heavy atom. The number of urea groups is 1. The first-order valence-corrected chi connectivity index (χ1v) is 10.7. The third kappa shape index (κ3) is 6.16. The van der Waals surface area contributed by atoms with Crippen LogP contribution in [0.4, 0.5) is 10.5 Å². The summed E-state index contributed by atoms with van der Waals surface area (Å²) in [5.74, 6) is -0.0786. The number of carbonyl (C=O) groups is 1. The molecule has 0 aliphatic carbocycles. The normalized spacial score (nSPS) is 11.2. The van der Waals surface area contributed by atoms with Crippen molar-refractivity contribution in [1.29, 1.82) is 0 Å². The zero-order valence-electron chi connectivity index (χ0n) is 16.0. The molecule has 0 aliphatic heterocycles. The molecule has 3 rings (SSSR count). The van der Waals surface area contributed by atoms with Gasteiger partial charge in [-0.25, -0.2) is 17.9 Å². The van der Waals surface area contributed by atoms with Crippen LogP contribution >= 0.6 is 0 Å². The van der Waals surface area contributed by atoms with Gasteiger partial charge in [-0.05, 0) is 35.9 Å². The lowest BCUT2D eigenvalue weighted by atomic mass is 10.1. The number of anilines is 1. The number of nitrogens with zero attached hydrogens (tertiary/aromatic N) is 2. The molecule has 8 nitrogen and oxygen atoms in total. The number of aromatic nitrogens is 2. The Morgan fingerprint density at radius 3 is 2.45 bits per heavy atom. The SMILES string of the molecule is CNS(=O)(=O)Cc1ccc(CNC(=O)Nc2ccccc2Cn2cccn2)cc1. The summed E-state index contributed by atoms with van der Waals surface area (Å²) in [7, 11) is -1.92. The van der Waals surface area contributed by atoms with Crippen molar-refractivity contribution in [1.82, 2.24) is 19.8 Å². The van der Waals surface area contributed by atoms with Gasteiger partial charge in [-0.15, -0.1) is 0 Å². The van der Waals surface area contributed by atoms with E-state index in [0.717, 1.165) is 11.1 Å². The van der Waals surface area contributed by atoms with E-state index in [2.05, 4.69) is 20.5 Å². The number of rotatable bonds is 8. The molecule has 0 bridgehead atoms. The average Bonchev–Trinajstić information content (AvgIpc) is 3.22. The summed E-state index contributed by atoms with van der Waals surface area (Å²) in [6.45, 7) is 0.882. The van der Waals surface area contributed by atoms with Gasteiger partial charge in [0.05, 0.1) is 12.3 Å². The van der Waals surface area contributed by atoms with Crippen molar-refractivity contribution in [3.05, 3.63) is 83.7 Å². The van der Waals surface area contributed by atoms with Gasteiger partial charge >= 0.3 is 6.03 Å². The number of hydrogen-bond acceptors (Lipinski definition) is 4. The second kappa shape index (κ2) is 9.35. The highest BCUT2D eigenvalue weighted by Gasteiger charge is 2.09. The van der Waals surface area contributed by atoms with Crippen molar-refractivity contribution >= 4 is 21.7 Å². The maximum absolute atomic E-state index is 12.3. The van der Waals surface area contributed by atoms with Crippen molar-refractivity contribution in [3.8, 4) is 0 Å². The highest BCUT2D eigenvalue weighted by Crippen LogP contribution is 2.16. The molecule has 0 spiro atoms. The van der Waals surface area contributed by atoms with Crippen LogP contribution in [-0.4, -0.2) is 31.3 Å². The summed E-state index contributed by atoms with van der Waals surface area (Å²) in [6, 6.07) is 16.2. The van der Waals surface area contributed by atoms with Crippen molar-refractivity contribution in [2.24, 2.45) is 0 Å². The maximum Gasteiger partial charge on any atom is 0.319 e. The fourth-order valence-corrected chi connectivity index (χ4v) is 3.52. The van der Waals surface area contributed by atoms with Crippen molar-refractivity contribution < 1.29 is 13.2 Å². The van der Waals surface area contributed by atoms with E-state index in [4.69, 9.17) is 0 Å². The molecule has 0 saturated heterocycles. The van der Waals surface area contributed by atoms with Crippen LogP contribution in [0.25, 0.3) is 0 Å². The first kappa shape index (κ1) is 20.6. The number of para-hydroxylation sites is 1. The smallest absolute Gasteiger partial charge is 0.319 e. The van der Waals surface area contributed by atoms with Gasteiger partial charge in [-0.2, -0.15) is 5.10 Å². The first-order valence-electron chi connectivity index (χ1n) is 9.04. The minimum atomic E-state index is -3.30. The summed E-state index contributed by atoms with van der Waals surface area (Å²) in [5, 5.41) is 9.86. The van der Waals surface area contributed by atoms with Gasteiger partial charge < -0.3 is 10.6 Å². The molecule has 3 N–H and O–H groups in total. The Labute approximate surface area is 170 Å². The Balaban J connectivity index is 1.55. The standard InChI is InChI=1S/C20H23N5O3S/c1-21-29(27,28)15-17-9-7-16(8-10-17)13-22-20(26)24-19-6-3-2-5-18(19)14-25-12-4-11-23-25/h2-12,21H,13-15H2,1H3,(H2,22,24,26). The summed E-state index contributed by atoms with van der Waals surface area (Å²) in [5.41, 5.74) is 3.21. The molecular weight excluding hydrogens is 390 g/mol. The van der Waals surface area contributed by atoms with E-state index in [1.807, 2.05) is 36.5 Å². The van der Waals surface area contributed by atoms with Crippen LogP contribution in [-0.2, 0) is 28.9 Å². The molecule has 29 heavy (non-hydrogen) atoms. The molecular formula is C20H23N5O3S. The van der Waals surface area contributed by atoms with E-state index in [-0.39, 0.29) is 11.8 Å². The van der Waals surface area contributed by atoms with Gasteiger partial charge in [-0.3, -0.25) is 4.68 Å². The fourth-order valence-electron chi connectivity index (χ4n) is 2.74. The number of nitrogens with one attached hydrogen (secondary N) is 3. The highest BCUT2D eigenvalue weighted by atomic mass is 32.2. The molecule has 0 radical (unpaired) electrons. The molecule has 0 fully saturated rings. The molecule has 9 heteroatoms. The van der Waals surface area contributed by atoms with Gasteiger partial charge in [-0.1, -0.05) is 42.5 Å². The number of carbonyl (C=O) groups excluding carboxylic acids is 1. The van der Waals surface area contributed by atoms with Gasteiger partial charge in [0.1, 0.15) is 0 Å². The Kier molecular flexibility index (Phi) is 6.63. The number of benzene rings is 2. The molecule has 1 heterocycles. The Hall–Kier alpha value is -3.17. The molecule has 0 saturated carbocycles. The van der Waals surface area contributed by atoms with Crippen LogP contribution in [0, 0.1) is 0 Å². The van der Waals surface area contributed by atoms with Gasteiger partial charge in [0.15, 0.2) is 0 Å². The van der Waals surface area contributed by atoms with Gasteiger partial charge in [0.2, 0.25) is 10.0 Å². The lowest BCUT2D eigenvalue weighted by Gasteiger charge is -2.12. The van der Waals surface area contributed by atoms with E-state index in [1.54, 1.807) is 35.1 Å². The predicted octanol–water partition coefficient (Wildman–Crippen LogP) is 2.30. The number of hydrogen-bond donors (Lipinski definition) is 3. The van der Waals surface area contributed by atoms with E-state index in [0.29, 0.717) is 24.3 Å². The van der Waals surface area contributed by atoms with Crippen LogP contribution in [0.3, 0.4) is 0 Å². The Morgan fingerprint density at radius 1 is 1.03 bits per heavy atom. The molecule has 2 aromatic carbocycles. The second-order valence-corrected chi connectivity index (χ2v) is 8.37. The van der Waals surface area contributed by atoms with Crippen LogP contribution in [0.5, 0.6) is 0 Å². The third-order valence-corrected chi connectivity index (χ3v) is 5.64. The summed E-state index contributed by atoms with van der Waals surface area (Å²) in [6.07, 6.45) is 3.57. The van der Waals surface area contributed by atoms with Gasteiger partial charge in [0.25, 0.3) is 0 Å². The van der Waals surface area contributed by atoms with Crippen LogP contribution in [0.2, 0.25) is 0 Å². The van der Waals surface area contributed by atoms with Crippen LogP contribution in [0.15, 0.2) is 67.0 Å². The van der Waals surface area contributed by atoms with Crippen molar-refractivity contribution in [2.45, 2.75) is 18.8 Å². The molecule has 0 unspecified atom stereocenters.